The summed E-state index contributed by atoms with van der Waals surface area (Å²) in [6.07, 6.45) is 1.49. The van der Waals surface area contributed by atoms with Crippen molar-refractivity contribution in [3.8, 4) is 0 Å². The number of hydrogen-bond donors (Lipinski definition) is 3. The second kappa shape index (κ2) is 10.3. The van der Waals surface area contributed by atoms with Crippen molar-refractivity contribution < 1.29 is 21.6 Å². The van der Waals surface area contributed by atoms with Crippen molar-refractivity contribution in [2.45, 2.75) is 16.7 Å². The summed E-state index contributed by atoms with van der Waals surface area (Å²) < 4.78 is 54.9. The molecule has 1 amide bonds. The van der Waals surface area contributed by atoms with Crippen molar-refractivity contribution in [3.63, 3.8) is 0 Å². The molecular weight excluding hydrogens is 544 g/mol. The van der Waals surface area contributed by atoms with E-state index in [0.29, 0.717) is 5.69 Å². The molecule has 4 aromatic rings. The van der Waals surface area contributed by atoms with Gasteiger partial charge in [-0.2, -0.15) is 0 Å². The third kappa shape index (κ3) is 6.02. The van der Waals surface area contributed by atoms with Crippen LogP contribution in [0, 0.1) is 6.92 Å². The summed E-state index contributed by atoms with van der Waals surface area (Å²) in [5.74, 6) is -0.513. The molecule has 0 radical (unpaired) electrons. The van der Waals surface area contributed by atoms with Crippen LogP contribution >= 0.6 is 22.9 Å². The van der Waals surface area contributed by atoms with Crippen molar-refractivity contribution in [1.29, 1.82) is 0 Å². The first-order chi connectivity index (χ1) is 17.0. The largest absolute Gasteiger partial charge is 0.322 e. The molecule has 0 unspecified atom stereocenters. The highest BCUT2D eigenvalue weighted by Gasteiger charge is 2.18. The van der Waals surface area contributed by atoms with Crippen molar-refractivity contribution in [1.82, 2.24) is 4.98 Å². The van der Waals surface area contributed by atoms with Gasteiger partial charge >= 0.3 is 0 Å². The van der Waals surface area contributed by atoms with Crippen LogP contribution in [0.3, 0.4) is 0 Å². The smallest absolute Gasteiger partial charge is 0.263 e. The molecule has 0 atom stereocenters. The predicted molar refractivity (Wildman–Crippen MR) is 141 cm³/mol. The van der Waals surface area contributed by atoms with E-state index in [0.717, 1.165) is 16.9 Å². The molecule has 186 valence electrons. The molecule has 36 heavy (non-hydrogen) atoms. The molecule has 0 bridgehead atoms. The lowest BCUT2D eigenvalue weighted by Crippen LogP contribution is -2.15. The third-order valence-corrected chi connectivity index (χ3v) is 8.75. The number of benzene rings is 3. The van der Waals surface area contributed by atoms with Crippen LogP contribution in [0.1, 0.15) is 15.9 Å². The summed E-state index contributed by atoms with van der Waals surface area (Å²) in [4.78, 5) is 16.6. The number of aromatic nitrogens is 1. The molecule has 13 heteroatoms. The first-order valence-corrected chi connectivity index (χ1v) is 14.5. The highest BCUT2D eigenvalue weighted by Crippen LogP contribution is 2.27. The quantitative estimate of drug-likeness (QED) is 0.278. The number of anilines is 3. The molecule has 9 nitrogen and oxygen atoms in total. The van der Waals surface area contributed by atoms with Gasteiger partial charge in [0.25, 0.3) is 26.0 Å². The average molecular weight is 563 g/mol. The van der Waals surface area contributed by atoms with E-state index >= 15 is 0 Å². The molecule has 3 aromatic carbocycles. The Morgan fingerprint density at radius 1 is 0.861 bits per heavy atom. The lowest BCUT2D eigenvalue weighted by Gasteiger charge is -2.12. The molecular formula is C23H19ClN4O5S3. The molecule has 4 rings (SSSR count). The SMILES string of the molecule is Cc1ccc(S(=O)(=O)Nc2ccc(C(=O)Nc3ccc(S(=O)(=O)Nc4nccs4)cc3)cc2Cl)cc1. The van der Waals surface area contributed by atoms with Gasteiger partial charge in [-0.1, -0.05) is 29.3 Å². The van der Waals surface area contributed by atoms with Gasteiger partial charge in [0.2, 0.25) is 0 Å². The minimum Gasteiger partial charge on any atom is -0.322 e. The van der Waals surface area contributed by atoms with Gasteiger partial charge in [0.05, 0.1) is 20.5 Å². The van der Waals surface area contributed by atoms with Crippen LogP contribution in [0.2, 0.25) is 5.02 Å². The first-order valence-electron chi connectivity index (χ1n) is 10.3. The van der Waals surface area contributed by atoms with Gasteiger partial charge < -0.3 is 5.32 Å². The molecule has 0 aliphatic carbocycles. The van der Waals surface area contributed by atoms with Gasteiger partial charge in [0.15, 0.2) is 5.13 Å². The van der Waals surface area contributed by atoms with Crippen molar-refractivity contribution in [2.75, 3.05) is 14.8 Å². The number of halogens is 1. The molecule has 0 aliphatic rings. The summed E-state index contributed by atoms with van der Waals surface area (Å²) in [5, 5.41) is 4.57. The fraction of sp³-hybridized carbons (Fsp3) is 0.0435. The van der Waals surface area contributed by atoms with Crippen molar-refractivity contribution in [2.24, 2.45) is 0 Å². The van der Waals surface area contributed by atoms with Gasteiger partial charge in [-0.25, -0.2) is 21.8 Å². The normalized spacial score (nSPS) is 11.6. The average Bonchev–Trinajstić information content (AvgIpc) is 3.33. The first kappa shape index (κ1) is 25.6. The molecule has 0 fully saturated rings. The third-order valence-electron chi connectivity index (χ3n) is 4.88. The second-order valence-corrected chi connectivity index (χ2v) is 12.2. The predicted octanol–water partition coefficient (Wildman–Crippen LogP) is 4.96. The minimum absolute atomic E-state index is 0.00366. The van der Waals surface area contributed by atoms with Gasteiger partial charge in [0.1, 0.15) is 0 Å². The van der Waals surface area contributed by atoms with Crippen LogP contribution in [-0.4, -0.2) is 27.7 Å². The highest BCUT2D eigenvalue weighted by atomic mass is 35.5. The van der Waals surface area contributed by atoms with E-state index in [9.17, 15) is 21.6 Å². The van der Waals surface area contributed by atoms with Crippen LogP contribution in [-0.2, 0) is 20.0 Å². The zero-order valence-electron chi connectivity index (χ0n) is 18.6. The summed E-state index contributed by atoms with van der Waals surface area (Å²) in [7, 11) is -7.68. The van der Waals surface area contributed by atoms with Crippen molar-refractivity contribution >= 4 is 65.4 Å². The van der Waals surface area contributed by atoms with Gasteiger partial charge in [-0.05, 0) is 61.5 Å². The molecule has 0 aliphatic heterocycles. The number of sulfonamides is 2. The maximum Gasteiger partial charge on any atom is 0.263 e. The number of nitrogens with one attached hydrogen (secondary N) is 3. The molecule has 3 N–H and O–H groups in total. The van der Waals surface area contributed by atoms with E-state index in [1.807, 2.05) is 6.92 Å². The Kier molecular flexibility index (Phi) is 7.31. The van der Waals surface area contributed by atoms with Crippen LogP contribution in [0.4, 0.5) is 16.5 Å². The topological polar surface area (TPSA) is 134 Å². The summed E-state index contributed by atoms with van der Waals surface area (Å²) >= 11 is 7.39. The van der Waals surface area contributed by atoms with Crippen LogP contribution in [0.25, 0.3) is 0 Å². The number of amides is 1. The van der Waals surface area contributed by atoms with E-state index < -0.39 is 26.0 Å². The number of rotatable bonds is 8. The Labute approximate surface area is 217 Å². The number of carbonyl (C=O) groups excluding carboxylic acids is 1. The standard InChI is InChI=1S/C23H19ClN4O5S3/c1-15-2-7-18(8-3-15)35(30,31)27-21-11-4-16(14-20(21)24)22(29)26-17-5-9-19(10-6-17)36(32,33)28-23-25-12-13-34-23/h2-14,27H,1H3,(H,25,28)(H,26,29). The van der Waals surface area contributed by atoms with Crippen LogP contribution in [0.5, 0.6) is 0 Å². The monoisotopic (exact) mass is 562 g/mol. The fourth-order valence-electron chi connectivity index (χ4n) is 3.03. The van der Waals surface area contributed by atoms with Crippen LogP contribution < -0.4 is 14.8 Å². The van der Waals surface area contributed by atoms with Gasteiger partial charge in [0, 0.05) is 22.8 Å². The Bertz CT molecular complexity index is 1610. The van der Waals surface area contributed by atoms with E-state index in [4.69, 9.17) is 11.6 Å². The number of thiazole rings is 1. The van der Waals surface area contributed by atoms with Crippen molar-refractivity contribution in [3.05, 3.63) is 94.5 Å². The van der Waals surface area contributed by atoms with E-state index in [1.54, 1.807) is 17.5 Å². The minimum atomic E-state index is -3.86. The molecule has 0 saturated heterocycles. The molecule has 1 heterocycles. The fourth-order valence-corrected chi connectivity index (χ4v) is 6.18. The van der Waals surface area contributed by atoms with Crippen LogP contribution in [0.15, 0.2) is 88.1 Å². The van der Waals surface area contributed by atoms with E-state index in [2.05, 4.69) is 19.7 Å². The molecule has 0 saturated carbocycles. The zero-order valence-corrected chi connectivity index (χ0v) is 21.8. The molecule has 1 aromatic heterocycles. The van der Waals surface area contributed by atoms with Gasteiger partial charge in [-0.3, -0.25) is 14.2 Å². The highest BCUT2D eigenvalue weighted by molar-refractivity contribution is 7.93. The summed E-state index contributed by atoms with van der Waals surface area (Å²) in [5.41, 5.74) is 1.58. The summed E-state index contributed by atoms with van der Waals surface area (Å²) in [6, 6.07) is 16.1. The number of hydrogen-bond acceptors (Lipinski definition) is 7. The van der Waals surface area contributed by atoms with Gasteiger partial charge in [-0.15, -0.1) is 11.3 Å². The Morgan fingerprint density at radius 2 is 1.47 bits per heavy atom. The lowest BCUT2D eigenvalue weighted by molar-refractivity contribution is 0.102. The lowest BCUT2D eigenvalue weighted by atomic mass is 10.2. The maximum atomic E-state index is 12.7. The van der Waals surface area contributed by atoms with E-state index in [-0.39, 0.29) is 31.2 Å². The Hall–Kier alpha value is -3.45. The Balaban J connectivity index is 1.44. The Morgan fingerprint density at radius 3 is 2.06 bits per heavy atom. The number of carbonyl (C=O) groups is 1. The zero-order chi connectivity index (χ0) is 25.9. The maximum absolute atomic E-state index is 12.7. The second-order valence-electron chi connectivity index (χ2n) is 7.53. The summed E-state index contributed by atoms with van der Waals surface area (Å²) in [6.45, 7) is 1.85. The number of nitrogens with zero attached hydrogens (tertiary/aromatic N) is 1. The van der Waals surface area contributed by atoms with E-state index in [1.165, 1.54) is 60.8 Å². The molecule has 0 spiro atoms. The number of aryl methyl sites for hydroxylation is 1.